The van der Waals surface area contributed by atoms with Gasteiger partial charge in [0.25, 0.3) is 0 Å². The number of rotatable bonds is 4. The van der Waals surface area contributed by atoms with E-state index in [4.69, 9.17) is 4.52 Å². The number of pyridine rings is 1. The SMILES string of the molecule is Cc1noc(CN2CCN(c3ncccc3S(C)(=O)=O)CC2)n1. The van der Waals surface area contributed by atoms with E-state index in [1.807, 2.05) is 4.90 Å². The van der Waals surface area contributed by atoms with E-state index in [-0.39, 0.29) is 4.90 Å². The van der Waals surface area contributed by atoms with Crippen molar-refractivity contribution in [2.24, 2.45) is 0 Å². The van der Waals surface area contributed by atoms with Crippen LogP contribution in [-0.2, 0) is 16.4 Å². The molecule has 124 valence electrons. The summed E-state index contributed by atoms with van der Waals surface area (Å²) >= 11 is 0. The molecule has 0 atom stereocenters. The number of aryl methyl sites for hydroxylation is 1. The van der Waals surface area contributed by atoms with Crippen LogP contribution in [0.15, 0.2) is 27.7 Å². The van der Waals surface area contributed by atoms with Crippen LogP contribution >= 0.6 is 0 Å². The standard InChI is InChI=1S/C14H19N5O3S/c1-11-16-13(22-17-11)10-18-6-8-19(9-7-18)14-12(23(2,20)21)4-3-5-15-14/h3-5H,6-10H2,1-2H3. The highest BCUT2D eigenvalue weighted by molar-refractivity contribution is 7.90. The number of hydrogen-bond acceptors (Lipinski definition) is 8. The van der Waals surface area contributed by atoms with Crippen LogP contribution in [0.2, 0.25) is 0 Å². The summed E-state index contributed by atoms with van der Waals surface area (Å²) in [5.41, 5.74) is 0. The molecular formula is C14H19N5O3S. The van der Waals surface area contributed by atoms with E-state index in [9.17, 15) is 8.42 Å². The van der Waals surface area contributed by atoms with Crippen LogP contribution in [0.25, 0.3) is 0 Å². The molecule has 0 aromatic carbocycles. The predicted molar refractivity (Wildman–Crippen MR) is 83.9 cm³/mol. The van der Waals surface area contributed by atoms with Crippen LogP contribution in [0.4, 0.5) is 5.82 Å². The van der Waals surface area contributed by atoms with E-state index in [0.717, 1.165) is 13.1 Å². The van der Waals surface area contributed by atoms with Crippen molar-refractivity contribution in [2.45, 2.75) is 18.4 Å². The Morgan fingerprint density at radius 2 is 2.00 bits per heavy atom. The summed E-state index contributed by atoms with van der Waals surface area (Å²) in [7, 11) is -3.29. The Balaban J connectivity index is 1.68. The maximum Gasteiger partial charge on any atom is 0.240 e. The number of piperazine rings is 1. The molecule has 0 radical (unpaired) electrons. The van der Waals surface area contributed by atoms with Crippen molar-refractivity contribution in [1.29, 1.82) is 0 Å². The zero-order valence-electron chi connectivity index (χ0n) is 13.1. The average Bonchev–Trinajstić information content (AvgIpc) is 2.92. The van der Waals surface area contributed by atoms with Gasteiger partial charge in [0, 0.05) is 38.6 Å². The second kappa shape index (κ2) is 6.25. The van der Waals surface area contributed by atoms with Gasteiger partial charge in [-0.25, -0.2) is 13.4 Å². The molecule has 2 aromatic rings. The van der Waals surface area contributed by atoms with E-state index in [2.05, 4.69) is 20.0 Å². The fourth-order valence-electron chi connectivity index (χ4n) is 2.62. The van der Waals surface area contributed by atoms with Crippen LogP contribution in [-0.4, -0.2) is 60.9 Å². The summed E-state index contributed by atoms with van der Waals surface area (Å²) in [5.74, 6) is 1.76. The molecule has 1 aliphatic heterocycles. The van der Waals surface area contributed by atoms with E-state index >= 15 is 0 Å². The van der Waals surface area contributed by atoms with Crippen molar-refractivity contribution in [3.05, 3.63) is 30.0 Å². The van der Waals surface area contributed by atoms with Crippen molar-refractivity contribution < 1.29 is 12.9 Å². The lowest BCUT2D eigenvalue weighted by atomic mass is 10.3. The van der Waals surface area contributed by atoms with Crippen LogP contribution in [0.5, 0.6) is 0 Å². The molecule has 1 aliphatic rings. The summed E-state index contributed by atoms with van der Waals surface area (Å²) < 4.78 is 28.9. The predicted octanol–water partition coefficient (Wildman–Crippen LogP) is 0.499. The van der Waals surface area contributed by atoms with E-state index < -0.39 is 9.84 Å². The Morgan fingerprint density at radius 3 is 2.61 bits per heavy atom. The Labute approximate surface area is 135 Å². The Hall–Kier alpha value is -2.00. The van der Waals surface area contributed by atoms with Crippen molar-refractivity contribution in [2.75, 3.05) is 37.3 Å². The molecule has 0 spiro atoms. The summed E-state index contributed by atoms with van der Waals surface area (Å²) in [5, 5.41) is 3.78. The minimum absolute atomic E-state index is 0.279. The fourth-order valence-corrected chi connectivity index (χ4v) is 3.46. The molecule has 0 unspecified atom stereocenters. The molecular weight excluding hydrogens is 318 g/mol. The summed E-state index contributed by atoms with van der Waals surface area (Å²) in [6, 6.07) is 3.25. The summed E-state index contributed by atoms with van der Waals surface area (Å²) in [6.45, 7) is 5.36. The molecule has 3 rings (SSSR count). The normalized spacial score (nSPS) is 16.7. The first-order chi connectivity index (χ1) is 10.9. The largest absolute Gasteiger partial charge is 0.353 e. The molecule has 0 saturated carbocycles. The number of hydrogen-bond donors (Lipinski definition) is 0. The van der Waals surface area contributed by atoms with Gasteiger partial charge in [0.05, 0.1) is 6.54 Å². The third-order valence-electron chi connectivity index (χ3n) is 3.75. The summed E-state index contributed by atoms with van der Waals surface area (Å²) in [4.78, 5) is 13.0. The van der Waals surface area contributed by atoms with Crippen molar-refractivity contribution in [3.8, 4) is 0 Å². The van der Waals surface area contributed by atoms with Gasteiger partial charge in [-0.05, 0) is 19.1 Å². The van der Waals surface area contributed by atoms with E-state index in [1.54, 1.807) is 25.3 Å². The zero-order valence-corrected chi connectivity index (χ0v) is 14.0. The first-order valence-electron chi connectivity index (χ1n) is 7.35. The Kier molecular flexibility index (Phi) is 4.31. The average molecular weight is 337 g/mol. The molecule has 8 nitrogen and oxygen atoms in total. The second-order valence-electron chi connectivity index (χ2n) is 5.60. The monoisotopic (exact) mass is 337 g/mol. The van der Waals surface area contributed by atoms with Gasteiger partial charge in [0.2, 0.25) is 5.89 Å². The summed E-state index contributed by atoms with van der Waals surface area (Å²) in [6.07, 6.45) is 2.83. The van der Waals surface area contributed by atoms with Gasteiger partial charge in [0.1, 0.15) is 10.7 Å². The third kappa shape index (κ3) is 3.67. The fraction of sp³-hybridized carbons (Fsp3) is 0.500. The lowest BCUT2D eigenvalue weighted by molar-refractivity contribution is 0.214. The minimum Gasteiger partial charge on any atom is -0.353 e. The quantitative estimate of drug-likeness (QED) is 0.796. The van der Waals surface area contributed by atoms with Crippen LogP contribution in [0.1, 0.15) is 11.7 Å². The lowest BCUT2D eigenvalue weighted by Gasteiger charge is -2.35. The smallest absolute Gasteiger partial charge is 0.240 e. The van der Waals surface area contributed by atoms with Gasteiger partial charge >= 0.3 is 0 Å². The zero-order chi connectivity index (χ0) is 16.4. The highest BCUT2D eigenvalue weighted by atomic mass is 32.2. The first kappa shape index (κ1) is 15.9. The van der Waals surface area contributed by atoms with Crippen LogP contribution in [0, 0.1) is 6.92 Å². The lowest BCUT2D eigenvalue weighted by Crippen LogP contribution is -2.46. The van der Waals surface area contributed by atoms with E-state index in [0.29, 0.717) is 37.2 Å². The molecule has 0 bridgehead atoms. The molecule has 9 heteroatoms. The maximum atomic E-state index is 11.9. The van der Waals surface area contributed by atoms with Crippen LogP contribution in [0.3, 0.4) is 0 Å². The molecule has 1 fully saturated rings. The second-order valence-corrected chi connectivity index (χ2v) is 7.58. The first-order valence-corrected chi connectivity index (χ1v) is 9.24. The van der Waals surface area contributed by atoms with Gasteiger partial charge < -0.3 is 9.42 Å². The molecule has 0 N–H and O–H groups in total. The van der Waals surface area contributed by atoms with Crippen molar-refractivity contribution in [3.63, 3.8) is 0 Å². The molecule has 0 aliphatic carbocycles. The Bertz CT molecular complexity index is 781. The van der Waals surface area contributed by atoms with E-state index in [1.165, 1.54) is 6.26 Å². The molecule has 1 saturated heterocycles. The van der Waals surface area contributed by atoms with Gasteiger partial charge in [-0.2, -0.15) is 4.98 Å². The van der Waals surface area contributed by atoms with Gasteiger partial charge in [-0.3, -0.25) is 4.90 Å². The van der Waals surface area contributed by atoms with Gasteiger partial charge in [-0.15, -0.1) is 0 Å². The van der Waals surface area contributed by atoms with Gasteiger partial charge in [0.15, 0.2) is 15.7 Å². The van der Waals surface area contributed by atoms with Crippen molar-refractivity contribution in [1.82, 2.24) is 20.0 Å². The molecule has 23 heavy (non-hydrogen) atoms. The number of sulfone groups is 1. The van der Waals surface area contributed by atoms with Crippen LogP contribution < -0.4 is 4.90 Å². The van der Waals surface area contributed by atoms with Crippen molar-refractivity contribution >= 4 is 15.7 Å². The molecule has 3 heterocycles. The number of nitrogens with zero attached hydrogens (tertiary/aromatic N) is 5. The molecule has 0 amide bonds. The maximum absolute atomic E-state index is 11.9. The minimum atomic E-state index is -3.29. The number of aromatic nitrogens is 3. The highest BCUT2D eigenvalue weighted by Crippen LogP contribution is 2.23. The Morgan fingerprint density at radius 1 is 1.26 bits per heavy atom. The van der Waals surface area contributed by atoms with Gasteiger partial charge in [-0.1, -0.05) is 5.16 Å². The highest BCUT2D eigenvalue weighted by Gasteiger charge is 2.24. The molecule has 2 aromatic heterocycles. The third-order valence-corrected chi connectivity index (χ3v) is 4.87. The topological polar surface area (TPSA) is 92.4 Å². The number of anilines is 1.